The molecule has 1 aromatic carbocycles. The zero-order chi connectivity index (χ0) is 12.3. The van der Waals surface area contributed by atoms with Crippen molar-refractivity contribution >= 4 is 15.9 Å². The fourth-order valence-electron chi connectivity index (χ4n) is 1.51. The van der Waals surface area contributed by atoms with E-state index in [1.807, 2.05) is 31.2 Å². The van der Waals surface area contributed by atoms with Gasteiger partial charge in [0, 0.05) is 23.3 Å². The molecule has 88 valence electrons. The number of aromatic nitrogens is 2. The molecule has 0 saturated carbocycles. The van der Waals surface area contributed by atoms with Gasteiger partial charge in [-0.1, -0.05) is 28.1 Å². The molecule has 0 aliphatic heterocycles. The fraction of sp³-hybridized carbons (Fsp3) is 0.231. The van der Waals surface area contributed by atoms with Crippen LogP contribution in [0, 0.1) is 6.92 Å². The highest BCUT2D eigenvalue weighted by Crippen LogP contribution is 2.17. The van der Waals surface area contributed by atoms with E-state index in [1.165, 1.54) is 0 Å². The van der Waals surface area contributed by atoms with Crippen molar-refractivity contribution in [2.24, 2.45) is 0 Å². The van der Waals surface area contributed by atoms with Crippen molar-refractivity contribution in [3.05, 3.63) is 58.1 Å². The standard InChI is InChI=1S/C13H13BrN2O/c1-9-7-15-13(16-8-9)12(17)6-10-2-4-11(14)5-3-10/h2-5,7-8,12,17H,6H2,1H3. The van der Waals surface area contributed by atoms with Crippen molar-refractivity contribution in [2.45, 2.75) is 19.4 Å². The third-order valence-corrected chi connectivity index (χ3v) is 2.97. The van der Waals surface area contributed by atoms with Gasteiger partial charge in [0.25, 0.3) is 0 Å². The Kier molecular flexibility index (Phi) is 3.86. The molecule has 2 rings (SSSR count). The van der Waals surface area contributed by atoms with E-state index < -0.39 is 6.10 Å². The van der Waals surface area contributed by atoms with Crippen molar-refractivity contribution < 1.29 is 5.11 Å². The summed E-state index contributed by atoms with van der Waals surface area (Å²) in [6, 6.07) is 7.86. The zero-order valence-corrected chi connectivity index (χ0v) is 11.1. The maximum absolute atomic E-state index is 10.00. The van der Waals surface area contributed by atoms with E-state index in [4.69, 9.17) is 0 Å². The van der Waals surface area contributed by atoms with E-state index in [0.717, 1.165) is 15.6 Å². The molecule has 0 bridgehead atoms. The number of aryl methyl sites for hydroxylation is 1. The average molecular weight is 293 g/mol. The minimum atomic E-state index is -0.656. The molecule has 1 heterocycles. The molecule has 0 saturated heterocycles. The molecule has 0 aliphatic rings. The molecule has 4 heteroatoms. The third kappa shape index (κ3) is 3.35. The van der Waals surface area contributed by atoms with Gasteiger partial charge in [0.05, 0.1) is 0 Å². The quantitative estimate of drug-likeness (QED) is 0.946. The lowest BCUT2D eigenvalue weighted by Crippen LogP contribution is -2.06. The second-order valence-electron chi connectivity index (χ2n) is 3.97. The van der Waals surface area contributed by atoms with Gasteiger partial charge in [0.15, 0.2) is 5.82 Å². The van der Waals surface area contributed by atoms with Gasteiger partial charge in [-0.3, -0.25) is 0 Å². The van der Waals surface area contributed by atoms with Crippen LogP contribution < -0.4 is 0 Å². The Morgan fingerprint density at radius 1 is 1.18 bits per heavy atom. The number of rotatable bonds is 3. The lowest BCUT2D eigenvalue weighted by molar-refractivity contribution is 0.168. The smallest absolute Gasteiger partial charge is 0.157 e. The lowest BCUT2D eigenvalue weighted by Gasteiger charge is -2.09. The fourth-order valence-corrected chi connectivity index (χ4v) is 1.77. The number of benzene rings is 1. The normalized spacial score (nSPS) is 12.4. The van der Waals surface area contributed by atoms with Gasteiger partial charge < -0.3 is 5.11 Å². The van der Waals surface area contributed by atoms with E-state index in [1.54, 1.807) is 12.4 Å². The van der Waals surface area contributed by atoms with Crippen LogP contribution in [0.2, 0.25) is 0 Å². The maximum atomic E-state index is 10.00. The Balaban J connectivity index is 2.08. The molecule has 17 heavy (non-hydrogen) atoms. The van der Waals surface area contributed by atoms with Gasteiger partial charge in [-0.25, -0.2) is 9.97 Å². The van der Waals surface area contributed by atoms with Crippen LogP contribution in [0.3, 0.4) is 0 Å². The second kappa shape index (κ2) is 5.38. The van der Waals surface area contributed by atoms with Gasteiger partial charge >= 0.3 is 0 Å². The molecule has 2 aromatic rings. The average Bonchev–Trinajstić information content (AvgIpc) is 2.33. The summed E-state index contributed by atoms with van der Waals surface area (Å²) >= 11 is 3.38. The molecule has 0 amide bonds. The second-order valence-corrected chi connectivity index (χ2v) is 4.88. The Labute approximate surface area is 109 Å². The number of halogens is 1. The lowest BCUT2D eigenvalue weighted by atomic mass is 10.1. The summed E-state index contributed by atoms with van der Waals surface area (Å²) in [5.41, 5.74) is 2.05. The summed E-state index contributed by atoms with van der Waals surface area (Å²) < 4.78 is 1.03. The maximum Gasteiger partial charge on any atom is 0.157 e. The molecular weight excluding hydrogens is 280 g/mol. The van der Waals surface area contributed by atoms with Crippen LogP contribution in [0.4, 0.5) is 0 Å². The Hall–Kier alpha value is -1.26. The summed E-state index contributed by atoms with van der Waals surface area (Å²) in [5, 5.41) is 10.00. The molecular formula is C13H13BrN2O. The summed E-state index contributed by atoms with van der Waals surface area (Å²) in [4.78, 5) is 8.24. The molecule has 1 aromatic heterocycles. The van der Waals surface area contributed by atoms with Crippen molar-refractivity contribution in [3.8, 4) is 0 Å². The minimum absolute atomic E-state index is 0.471. The monoisotopic (exact) mass is 292 g/mol. The van der Waals surface area contributed by atoms with Crippen LogP contribution in [0.25, 0.3) is 0 Å². The number of aliphatic hydroxyl groups excluding tert-OH is 1. The predicted molar refractivity (Wildman–Crippen MR) is 69.6 cm³/mol. The first-order valence-corrected chi connectivity index (χ1v) is 6.15. The van der Waals surface area contributed by atoms with Crippen molar-refractivity contribution in [2.75, 3.05) is 0 Å². The Morgan fingerprint density at radius 3 is 2.35 bits per heavy atom. The molecule has 1 atom stereocenters. The number of nitrogens with zero attached hydrogens (tertiary/aromatic N) is 2. The Bertz CT molecular complexity index is 482. The number of hydrogen-bond donors (Lipinski definition) is 1. The highest BCUT2D eigenvalue weighted by atomic mass is 79.9. The molecule has 1 N–H and O–H groups in total. The Morgan fingerprint density at radius 2 is 1.76 bits per heavy atom. The van der Waals surface area contributed by atoms with Crippen LogP contribution >= 0.6 is 15.9 Å². The summed E-state index contributed by atoms with van der Waals surface area (Å²) in [6.07, 6.45) is 3.30. The molecule has 1 unspecified atom stereocenters. The summed E-state index contributed by atoms with van der Waals surface area (Å²) in [5.74, 6) is 0.471. The largest absolute Gasteiger partial charge is 0.385 e. The molecule has 3 nitrogen and oxygen atoms in total. The third-order valence-electron chi connectivity index (χ3n) is 2.44. The minimum Gasteiger partial charge on any atom is -0.385 e. The molecule has 0 aliphatic carbocycles. The molecule has 0 fully saturated rings. The van der Waals surface area contributed by atoms with Gasteiger partial charge in [-0.05, 0) is 30.2 Å². The summed E-state index contributed by atoms with van der Waals surface area (Å²) in [7, 11) is 0. The molecule has 0 spiro atoms. The van der Waals surface area contributed by atoms with Gasteiger partial charge in [0.1, 0.15) is 6.10 Å². The first-order valence-electron chi connectivity index (χ1n) is 5.36. The predicted octanol–water partition coefficient (Wildman–Crippen LogP) is 2.82. The zero-order valence-electron chi connectivity index (χ0n) is 9.47. The van der Waals surface area contributed by atoms with Crippen LogP contribution in [0.15, 0.2) is 41.1 Å². The van der Waals surface area contributed by atoms with E-state index in [2.05, 4.69) is 25.9 Å². The highest BCUT2D eigenvalue weighted by molar-refractivity contribution is 9.10. The van der Waals surface area contributed by atoms with Crippen molar-refractivity contribution in [1.82, 2.24) is 9.97 Å². The number of hydrogen-bond acceptors (Lipinski definition) is 3. The number of aliphatic hydroxyl groups is 1. The van der Waals surface area contributed by atoms with Gasteiger partial charge in [0.2, 0.25) is 0 Å². The van der Waals surface area contributed by atoms with Gasteiger partial charge in [-0.15, -0.1) is 0 Å². The van der Waals surface area contributed by atoms with Crippen LogP contribution in [0.1, 0.15) is 23.1 Å². The van der Waals surface area contributed by atoms with E-state index in [9.17, 15) is 5.11 Å². The van der Waals surface area contributed by atoms with E-state index in [-0.39, 0.29) is 0 Å². The molecule has 0 radical (unpaired) electrons. The summed E-state index contributed by atoms with van der Waals surface area (Å²) in [6.45, 7) is 1.92. The highest BCUT2D eigenvalue weighted by Gasteiger charge is 2.11. The van der Waals surface area contributed by atoms with Crippen LogP contribution in [-0.4, -0.2) is 15.1 Å². The first-order chi connectivity index (χ1) is 8.15. The van der Waals surface area contributed by atoms with Gasteiger partial charge in [-0.2, -0.15) is 0 Å². The van der Waals surface area contributed by atoms with Crippen LogP contribution in [-0.2, 0) is 6.42 Å². The van der Waals surface area contributed by atoms with Crippen LogP contribution in [0.5, 0.6) is 0 Å². The topological polar surface area (TPSA) is 46.0 Å². The van der Waals surface area contributed by atoms with Crippen molar-refractivity contribution in [3.63, 3.8) is 0 Å². The van der Waals surface area contributed by atoms with Crippen molar-refractivity contribution in [1.29, 1.82) is 0 Å². The first kappa shape index (κ1) is 12.2. The van der Waals surface area contributed by atoms with E-state index >= 15 is 0 Å². The SMILES string of the molecule is Cc1cnc(C(O)Cc2ccc(Br)cc2)nc1. The van der Waals surface area contributed by atoms with E-state index in [0.29, 0.717) is 12.2 Å².